The minimum absolute atomic E-state index is 0.0675. The zero-order valence-electron chi connectivity index (χ0n) is 27.1. The van der Waals surface area contributed by atoms with E-state index in [2.05, 4.69) is 20.4 Å². The number of benzene rings is 4. The van der Waals surface area contributed by atoms with Crippen molar-refractivity contribution in [1.29, 1.82) is 0 Å². The van der Waals surface area contributed by atoms with Crippen LogP contribution in [0.2, 0.25) is 0 Å². The fourth-order valence-electron chi connectivity index (χ4n) is 5.50. The third-order valence-electron chi connectivity index (χ3n) is 8.15. The Bertz CT molecular complexity index is 1600. The fourth-order valence-corrected chi connectivity index (χ4v) is 5.50. The normalized spacial score (nSPS) is 12.4. The van der Waals surface area contributed by atoms with Crippen LogP contribution in [-0.2, 0) is 9.59 Å². The summed E-state index contributed by atoms with van der Waals surface area (Å²) in [6.07, 6.45) is 0. The molecule has 0 saturated carbocycles. The van der Waals surface area contributed by atoms with Crippen LogP contribution in [0.4, 0.5) is 22.7 Å². The molecule has 2 amide bonds. The van der Waals surface area contributed by atoms with Crippen LogP contribution in [0.15, 0.2) is 107 Å². The maximum Gasteiger partial charge on any atom is 0.238 e. The molecule has 8 nitrogen and oxygen atoms in total. The average Bonchev–Trinajstić information content (AvgIpc) is 3.08. The smallest absolute Gasteiger partial charge is 0.238 e. The summed E-state index contributed by atoms with van der Waals surface area (Å²) >= 11 is 0. The van der Waals surface area contributed by atoms with E-state index in [4.69, 9.17) is 9.98 Å². The molecule has 4 aromatic rings. The molecule has 0 aliphatic carbocycles. The van der Waals surface area contributed by atoms with Crippen LogP contribution in [0.5, 0.6) is 0 Å². The monoisotopic (exact) mass is 614 g/mol. The van der Waals surface area contributed by atoms with E-state index >= 15 is 0 Å². The van der Waals surface area contributed by atoms with Gasteiger partial charge in [0.1, 0.15) is 0 Å². The Hall–Kier alpha value is -4.92. The highest BCUT2D eigenvalue weighted by Gasteiger charge is 2.22. The van der Waals surface area contributed by atoms with E-state index in [9.17, 15) is 9.59 Å². The first-order valence-corrected chi connectivity index (χ1v) is 16.0. The van der Waals surface area contributed by atoms with Gasteiger partial charge in [0.2, 0.25) is 11.8 Å². The second kappa shape index (κ2) is 15.4. The van der Waals surface area contributed by atoms with Crippen LogP contribution in [-0.4, -0.2) is 72.3 Å². The number of likely N-dealkylation sites (N-methyl/N-ethyl adjacent to an activating group) is 2. The van der Waals surface area contributed by atoms with Crippen molar-refractivity contribution in [2.45, 2.75) is 27.7 Å². The second-order valence-corrected chi connectivity index (χ2v) is 11.1. The van der Waals surface area contributed by atoms with Crippen molar-refractivity contribution in [3.8, 4) is 0 Å². The summed E-state index contributed by atoms with van der Waals surface area (Å²) in [6.45, 7) is 12.0. The predicted molar refractivity (Wildman–Crippen MR) is 189 cm³/mol. The molecule has 1 aliphatic rings. The van der Waals surface area contributed by atoms with Gasteiger partial charge in [-0.05, 0) is 62.6 Å². The Morgan fingerprint density at radius 1 is 0.543 bits per heavy atom. The van der Waals surface area contributed by atoms with Crippen LogP contribution in [0, 0.1) is 0 Å². The highest BCUT2D eigenvalue weighted by Crippen LogP contribution is 2.36. The van der Waals surface area contributed by atoms with Crippen molar-refractivity contribution in [2.24, 2.45) is 9.98 Å². The van der Waals surface area contributed by atoms with Gasteiger partial charge in [-0.3, -0.25) is 19.4 Å². The Labute approximate surface area is 271 Å². The van der Waals surface area contributed by atoms with Crippen LogP contribution in [0.3, 0.4) is 0 Å². The molecule has 0 aromatic heterocycles. The van der Waals surface area contributed by atoms with E-state index in [0.717, 1.165) is 71.2 Å². The number of nitrogens with zero attached hydrogens (tertiary/aromatic N) is 4. The van der Waals surface area contributed by atoms with E-state index in [-0.39, 0.29) is 11.8 Å². The minimum Gasteiger partial charge on any atom is -0.325 e. The lowest BCUT2D eigenvalue weighted by atomic mass is 9.95. The Balaban J connectivity index is 1.63. The Morgan fingerprint density at radius 3 is 1.26 bits per heavy atom. The predicted octanol–water partition coefficient (Wildman–Crippen LogP) is 6.90. The van der Waals surface area contributed by atoms with Gasteiger partial charge in [0.05, 0.1) is 35.9 Å². The zero-order valence-corrected chi connectivity index (χ0v) is 27.1. The molecule has 0 radical (unpaired) electrons. The lowest BCUT2D eigenvalue weighted by molar-refractivity contribution is -0.118. The number of carbonyl (C=O) groups excluding carboxylic acids is 2. The van der Waals surface area contributed by atoms with Gasteiger partial charge < -0.3 is 10.6 Å². The lowest BCUT2D eigenvalue weighted by Crippen LogP contribution is -2.33. The van der Waals surface area contributed by atoms with Gasteiger partial charge >= 0.3 is 0 Å². The van der Waals surface area contributed by atoms with E-state index in [1.165, 1.54) is 0 Å². The molecule has 0 spiro atoms. The molecule has 0 atom stereocenters. The van der Waals surface area contributed by atoms with Crippen molar-refractivity contribution in [3.05, 3.63) is 119 Å². The van der Waals surface area contributed by atoms with Crippen LogP contribution < -0.4 is 10.6 Å². The summed E-state index contributed by atoms with van der Waals surface area (Å²) < 4.78 is 0. The maximum absolute atomic E-state index is 12.9. The molecule has 1 aliphatic heterocycles. The minimum atomic E-state index is -0.0675. The third kappa shape index (κ3) is 7.83. The molecule has 46 heavy (non-hydrogen) atoms. The molecule has 0 unspecified atom stereocenters. The van der Waals surface area contributed by atoms with E-state index in [0.29, 0.717) is 24.5 Å². The largest absolute Gasteiger partial charge is 0.325 e. The summed E-state index contributed by atoms with van der Waals surface area (Å²) in [7, 11) is 0. The van der Waals surface area contributed by atoms with Crippen LogP contribution in [0.25, 0.3) is 0 Å². The summed E-state index contributed by atoms with van der Waals surface area (Å²) in [5.41, 5.74) is 7.77. The molecular weight excluding hydrogens is 572 g/mol. The number of anilines is 2. The SMILES string of the molecule is CCN(CC)CC(=O)Nc1ccc2c(c1)C(c1ccccc1)=Nc1ccc(NC(=O)CN(CC)CC)cc1C(c1ccccc1)=N2. The van der Waals surface area contributed by atoms with Crippen molar-refractivity contribution in [1.82, 2.24) is 9.80 Å². The van der Waals surface area contributed by atoms with Gasteiger partial charge in [-0.15, -0.1) is 0 Å². The second-order valence-electron chi connectivity index (χ2n) is 11.1. The summed E-state index contributed by atoms with van der Waals surface area (Å²) in [6, 6.07) is 31.6. The molecule has 5 rings (SSSR count). The molecule has 0 bridgehead atoms. The molecule has 2 N–H and O–H groups in total. The van der Waals surface area contributed by atoms with Crippen LogP contribution in [0.1, 0.15) is 49.9 Å². The number of carbonyl (C=O) groups is 2. The molecule has 236 valence electrons. The van der Waals surface area contributed by atoms with Crippen molar-refractivity contribution in [3.63, 3.8) is 0 Å². The fraction of sp³-hybridized carbons (Fsp3) is 0.263. The molecule has 1 heterocycles. The van der Waals surface area contributed by atoms with E-state index in [1.807, 2.05) is 125 Å². The topological polar surface area (TPSA) is 89.4 Å². The number of aliphatic imine (C=N–C) groups is 2. The van der Waals surface area contributed by atoms with Crippen molar-refractivity contribution >= 4 is 46.0 Å². The summed E-state index contributed by atoms with van der Waals surface area (Å²) in [5, 5.41) is 6.16. The Kier molecular flexibility index (Phi) is 10.9. The zero-order chi connectivity index (χ0) is 32.5. The quantitative estimate of drug-likeness (QED) is 0.160. The third-order valence-corrected chi connectivity index (χ3v) is 8.15. The van der Waals surface area contributed by atoms with E-state index < -0.39 is 0 Å². The highest BCUT2D eigenvalue weighted by atomic mass is 16.2. The van der Waals surface area contributed by atoms with Gasteiger partial charge in [0.25, 0.3) is 0 Å². The number of nitrogens with one attached hydrogen (secondary N) is 2. The molecule has 4 aromatic carbocycles. The van der Waals surface area contributed by atoms with Gasteiger partial charge in [0.15, 0.2) is 0 Å². The van der Waals surface area contributed by atoms with Gasteiger partial charge in [-0.25, -0.2) is 9.98 Å². The van der Waals surface area contributed by atoms with E-state index in [1.54, 1.807) is 0 Å². The number of fused-ring (bicyclic) bond motifs is 2. The van der Waals surface area contributed by atoms with Gasteiger partial charge in [0, 0.05) is 33.6 Å². The van der Waals surface area contributed by atoms with Crippen LogP contribution >= 0.6 is 0 Å². The summed E-state index contributed by atoms with van der Waals surface area (Å²) in [5.74, 6) is -0.135. The maximum atomic E-state index is 12.9. The van der Waals surface area contributed by atoms with Gasteiger partial charge in [-0.1, -0.05) is 88.4 Å². The first-order chi connectivity index (χ1) is 22.4. The number of hydrogen-bond acceptors (Lipinski definition) is 6. The lowest BCUT2D eigenvalue weighted by Gasteiger charge is -2.21. The number of rotatable bonds is 12. The van der Waals surface area contributed by atoms with Crippen molar-refractivity contribution < 1.29 is 9.59 Å². The highest BCUT2D eigenvalue weighted by molar-refractivity contribution is 6.23. The van der Waals surface area contributed by atoms with Crippen molar-refractivity contribution in [2.75, 3.05) is 49.9 Å². The molecular formula is C38H42N6O2. The standard InChI is InChI=1S/C38H42N6O2/c1-5-43(6-2)25-35(45)39-29-19-21-33-31(23-29)37(27-15-11-9-12-16-27)42-34-22-20-30(40-36(46)26-44(7-3)8-4)24-32(34)38(41-33)28-17-13-10-14-18-28/h9-24H,5-8,25-26H2,1-4H3,(H,39,45)(H,40,46). The number of hydrogen-bond donors (Lipinski definition) is 2. The van der Waals surface area contributed by atoms with Gasteiger partial charge in [-0.2, -0.15) is 0 Å². The average molecular weight is 615 g/mol. The molecule has 8 heteroatoms. The first kappa shape index (κ1) is 32.5. The Morgan fingerprint density at radius 2 is 0.913 bits per heavy atom. The first-order valence-electron chi connectivity index (χ1n) is 16.0. The molecule has 0 saturated heterocycles. The number of amides is 2. The summed E-state index contributed by atoms with van der Waals surface area (Å²) in [4.78, 5) is 40.6. The molecule has 0 fully saturated rings.